The molecule has 1 heterocycles. The summed E-state index contributed by atoms with van der Waals surface area (Å²) in [5.74, 6) is 2.74. The topological polar surface area (TPSA) is 93.5 Å². The van der Waals surface area contributed by atoms with Crippen molar-refractivity contribution in [2.24, 2.45) is 35.0 Å². The average Bonchev–Trinajstić information content (AvgIpc) is 3.09. The van der Waals surface area contributed by atoms with Crippen molar-refractivity contribution < 1.29 is 19.4 Å². The molecule has 5 rings (SSSR count). The van der Waals surface area contributed by atoms with Gasteiger partial charge in [0.1, 0.15) is 5.56 Å². The standard InChI is InChI=1S/C24H37N3O4/c1-14(2)13-31-22-19(12-25-27(22)6-5-24(3,4)23(29)30)21(28)26-20-17-8-15-7-16(10-17)11-18(20)9-15/h12,14-18,20H,5-11,13H2,1-4H3,(H,26,28)(H,29,30). The van der Waals surface area contributed by atoms with Gasteiger partial charge in [-0.1, -0.05) is 13.8 Å². The van der Waals surface area contributed by atoms with E-state index in [4.69, 9.17) is 4.74 Å². The predicted molar refractivity (Wildman–Crippen MR) is 117 cm³/mol. The molecule has 31 heavy (non-hydrogen) atoms. The van der Waals surface area contributed by atoms with Crippen LogP contribution in [0.15, 0.2) is 6.20 Å². The van der Waals surface area contributed by atoms with E-state index in [-0.39, 0.29) is 11.9 Å². The van der Waals surface area contributed by atoms with Gasteiger partial charge in [0.25, 0.3) is 5.91 Å². The fourth-order valence-corrected chi connectivity index (χ4v) is 5.97. The number of aryl methyl sites for hydroxylation is 1. The van der Waals surface area contributed by atoms with Crippen molar-refractivity contribution in [3.05, 3.63) is 11.8 Å². The molecule has 0 aromatic carbocycles. The molecule has 1 aromatic heterocycles. The maximum atomic E-state index is 13.3. The van der Waals surface area contributed by atoms with E-state index >= 15 is 0 Å². The van der Waals surface area contributed by atoms with Gasteiger partial charge in [0.2, 0.25) is 5.88 Å². The fourth-order valence-electron chi connectivity index (χ4n) is 5.97. The number of carbonyl (C=O) groups is 2. The van der Waals surface area contributed by atoms with Gasteiger partial charge in [0, 0.05) is 12.6 Å². The second-order valence-electron chi connectivity index (χ2n) is 11.2. The van der Waals surface area contributed by atoms with Gasteiger partial charge in [-0.3, -0.25) is 9.59 Å². The van der Waals surface area contributed by atoms with E-state index in [9.17, 15) is 14.7 Å². The van der Waals surface area contributed by atoms with Crippen LogP contribution in [0.4, 0.5) is 0 Å². The van der Waals surface area contributed by atoms with Crippen LogP contribution < -0.4 is 10.1 Å². The Morgan fingerprint density at radius 3 is 2.35 bits per heavy atom. The lowest BCUT2D eigenvalue weighted by Gasteiger charge is -2.54. The maximum absolute atomic E-state index is 13.3. The van der Waals surface area contributed by atoms with E-state index in [1.807, 2.05) is 0 Å². The predicted octanol–water partition coefficient (Wildman–Crippen LogP) is 3.97. The molecule has 4 aliphatic carbocycles. The number of aromatic nitrogens is 2. The minimum Gasteiger partial charge on any atom is -0.481 e. The number of hydrogen-bond donors (Lipinski definition) is 2. The van der Waals surface area contributed by atoms with Gasteiger partial charge in [-0.2, -0.15) is 5.10 Å². The minimum absolute atomic E-state index is 0.111. The summed E-state index contributed by atoms with van der Waals surface area (Å²) in [6.45, 7) is 8.39. The van der Waals surface area contributed by atoms with Gasteiger partial charge in [0.05, 0.1) is 18.2 Å². The zero-order valence-electron chi connectivity index (χ0n) is 19.3. The molecule has 0 aliphatic heterocycles. The Morgan fingerprint density at radius 2 is 1.81 bits per heavy atom. The maximum Gasteiger partial charge on any atom is 0.309 e. The molecule has 0 atom stereocenters. The summed E-state index contributed by atoms with van der Waals surface area (Å²) in [7, 11) is 0. The molecule has 172 valence electrons. The van der Waals surface area contributed by atoms with E-state index in [1.54, 1.807) is 24.7 Å². The Labute approximate surface area is 184 Å². The van der Waals surface area contributed by atoms with Crippen LogP contribution in [0.5, 0.6) is 5.88 Å². The summed E-state index contributed by atoms with van der Waals surface area (Å²) < 4.78 is 7.67. The number of rotatable bonds is 9. The van der Waals surface area contributed by atoms with Gasteiger partial charge in [-0.05, 0) is 82.0 Å². The van der Waals surface area contributed by atoms with Crippen LogP contribution in [0.25, 0.3) is 0 Å². The Hall–Kier alpha value is -2.05. The smallest absolute Gasteiger partial charge is 0.309 e. The molecule has 4 saturated carbocycles. The second-order valence-corrected chi connectivity index (χ2v) is 11.2. The summed E-state index contributed by atoms with van der Waals surface area (Å²) in [5.41, 5.74) is -0.410. The van der Waals surface area contributed by atoms with Crippen LogP contribution in [0.1, 0.15) is 76.6 Å². The molecule has 4 bridgehead atoms. The molecule has 7 nitrogen and oxygen atoms in total. The lowest BCUT2D eigenvalue weighted by atomic mass is 9.54. The number of aliphatic carboxylic acids is 1. The third kappa shape index (κ3) is 4.60. The number of ether oxygens (including phenoxy) is 1. The van der Waals surface area contributed by atoms with Crippen molar-refractivity contribution in [2.45, 2.75) is 78.8 Å². The lowest BCUT2D eigenvalue weighted by molar-refractivity contribution is -0.147. The Balaban J connectivity index is 1.49. The van der Waals surface area contributed by atoms with Gasteiger partial charge >= 0.3 is 5.97 Å². The first kappa shape index (κ1) is 22.2. The Morgan fingerprint density at radius 1 is 1.19 bits per heavy atom. The van der Waals surface area contributed by atoms with Gasteiger partial charge in [-0.25, -0.2) is 4.68 Å². The number of hydrogen-bond acceptors (Lipinski definition) is 4. The van der Waals surface area contributed by atoms with Crippen LogP contribution in [-0.2, 0) is 11.3 Å². The highest BCUT2D eigenvalue weighted by Crippen LogP contribution is 2.53. The van der Waals surface area contributed by atoms with Gasteiger partial charge in [-0.15, -0.1) is 0 Å². The summed E-state index contributed by atoms with van der Waals surface area (Å²) in [4.78, 5) is 24.8. The third-order valence-corrected chi connectivity index (χ3v) is 7.64. The molecular formula is C24H37N3O4. The quantitative estimate of drug-likeness (QED) is 0.617. The highest BCUT2D eigenvalue weighted by atomic mass is 16.5. The molecule has 4 aliphatic rings. The van der Waals surface area contributed by atoms with Crippen LogP contribution in [0.3, 0.4) is 0 Å². The first-order valence-electron chi connectivity index (χ1n) is 11.9. The SMILES string of the molecule is CC(C)COc1c(C(=O)NC2C3CC4CC(C3)CC2C4)cnn1CCC(C)(C)C(=O)O. The molecule has 7 heteroatoms. The van der Waals surface area contributed by atoms with E-state index in [2.05, 4.69) is 24.3 Å². The number of carboxylic acids is 1. The summed E-state index contributed by atoms with van der Waals surface area (Å²) in [6.07, 6.45) is 8.36. The highest BCUT2D eigenvalue weighted by molar-refractivity contribution is 5.96. The number of carbonyl (C=O) groups excluding carboxylic acids is 1. The van der Waals surface area contributed by atoms with Crippen molar-refractivity contribution in [1.29, 1.82) is 0 Å². The molecule has 0 saturated heterocycles. The van der Waals surface area contributed by atoms with E-state index < -0.39 is 11.4 Å². The highest BCUT2D eigenvalue weighted by Gasteiger charge is 2.48. The average molecular weight is 432 g/mol. The second kappa shape index (κ2) is 8.47. The van der Waals surface area contributed by atoms with Crippen LogP contribution in [0, 0.1) is 35.0 Å². The molecule has 2 N–H and O–H groups in total. The molecular weight excluding hydrogens is 394 g/mol. The first-order chi connectivity index (χ1) is 14.6. The van der Waals surface area contributed by atoms with E-state index in [0.29, 0.717) is 48.8 Å². The summed E-state index contributed by atoms with van der Waals surface area (Å²) in [6, 6.07) is 0.257. The van der Waals surface area contributed by atoms with E-state index in [1.165, 1.54) is 32.1 Å². The third-order valence-electron chi connectivity index (χ3n) is 7.64. The molecule has 0 unspecified atom stereocenters. The number of amides is 1. The van der Waals surface area contributed by atoms with E-state index in [0.717, 1.165) is 11.8 Å². The Bertz CT molecular complexity index is 801. The summed E-state index contributed by atoms with van der Waals surface area (Å²) >= 11 is 0. The normalized spacial score (nSPS) is 29.4. The van der Waals surface area contributed by atoms with Crippen LogP contribution in [-0.4, -0.2) is 39.4 Å². The summed E-state index contributed by atoms with van der Waals surface area (Å²) in [5, 5.41) is 17.2. The van der Waals surface area contributed by atoms with Crippen LogP contribution >= 0.6 is 0 Å². The van der Waals surface area contributed by atoms with Crippen molar-refractivity contribution >= 4 is 11.9 Å². The molecule has 1 amide bonds. The van der Waals surface area contributed by atoms with Gasteiger partial charge < -0.3 is 15.2 Å². The van der Waals surface area contributed by atoms with Crippen molar-refractivity contribution in [3.63, 3.8) is 0 Å². The van der Waals surface area contributed by atoms with Crippen molar-refractivity contribution in [3.8, 4) is 5.88 Å². The molecule has 1 aromatic rings. The largest absolute Gasteiger partial charge is 0.481 e. The molecule has 0 spiro atoms. The molecule has 0 radical (unpaired) electrons. The lowest BCUT2D eigenvalue weighted by Crippen LogP contribution is -2.55. The minimum atomic E-state index is -0.871. The number of carboxylic acid groups (broad SMARTS) is 1. The van der Waals surface area contributed by atoms with Crippen LogP contribution in [0.2, 0.25) is 0 Å². The number of nitrogens with one attached hydrogen (secondary N) is 1. The van der Waals surface area contributed by atoms with Crippen molar-refractivity contribution in [2.75, 3.05) is 6.61 Å². The zero-order chi connectivity index (χ0) is 22.3. The molecule has 4 fully saturated rings. The first-order valence-corrected chi connectivity index (χ1v) is 11.9. The fraction of sp³-hybridized carbons (Fsp3) is 0.792. The Kier molecular flexibility index (Phi) is 6.05. The monoisotopic (exact) mass is 431 g/mol. The van der Waals surface area contributed by atoms with Gasteiger partial charge in [0.15, 0.2) is 0 Å². The number of nitrogens with zero attached hydrogens (tertiary/aromatic N) is 2. The zero-order valence-corrected chi connectivity index (χ0v) is 19.3. The van der Waals surface area contributed by atoms with Crippen molar-refractivity contribution in [1.82, 2.24) is 15.1 Å².